The molecule has 0 aromatic heterocycles. The Bertz CT molecular complexity index is 368. The number of carbonyl (C=O) groups excluding carboxylic acids is 1. The van der Waals surface area contributed by atoms with Gasteiger partial charge >= 0.3 is 0 Å². The quantitative estimate of drug-likeness (QED) is 0.776. The summed E-state index contributed by atoms with van der Waals surface area (Å²) >= 11 is 3.24. The van der Waals surface area contributed by atoms with E-state index in [1.807, 2.05) is 0 Å². The molecule has 15 heavy (non-hydrogen) atoms. The van der Waals surface area contributed by atoms with E-state index in [4.69, 9.17) is 0 Å². The van der Waals surface area contributed by atoms with E-state index in [2.05, 4.69) is 15.9 Å². The van der Waals surface area contributed by atoms with Crippen molar-refractivity contribution in [2.24, 2.45) is 0 Å². The third-order valence-corrected chi connectivity index (χ3v) is 2.54. The van der Waals surface area contributed by atoms with Crippen LogP contribution >= 0.6 is 15.9 Å². The summed E-state index contributed by atoms with van der Waals surface area (Å²) in [5, 5.41) is 0.683. The summed E-state index contributed by atoms with van der Waals surface area (Å²) in [6.45, 7) is 2.21. The first-order chi connectivity index (χ1) is 7.07. The second-order valence-corrected chi connectivity index (χ2v) is 4.15. The second-order valence-electron chi connectivity index (χ2n) is 3.35. The van der Waals surface area contributed by atoms with Crippen LogP contribution in [0.25, 0.3) is 0 Å². The summed E-state index contributed by atoms with van der Waals surface area (Å²) in [6.07, 6.45) is 0. The fourth-order valence-electron chi connectivity index (χ4n) is 1.25. The first-order valence-electron chi connectivity index (χ1n) is 4.64. The molecule has 0 aliphatic rings. The van der Waals surface area contributed by atoms with Gasteiger partial charge in [0.25, 0.3) is 5.91 Å². The molecule has 1 amide bonds. The van der Waals surface area contributed by atoms with Crippen LogP contribution in [0.1, 0.15) is 15.9 Å². The minimum absolute atomic E-state index is 0.137. The van der Waals surface area contributed by atoms with Crippen LogP contribution < -0.4 is 0 Å². The molecule has 0 heterocycles. The van der Waals surface area contributed by atoms with Crippen LogP contribution in [0.4, 0.5) is 4.39 Å². The van der Waals surface area contributed by atoms with E-state index in [1.54, 1.807) is 26.1 Å². The molecule has 0 N–H and O–H groups in total. The lowest BCUT2D eigenvalue weighted by atomic mass is 10.1. The van der Waals surface area contributed by atoms with Gasteiger partial charge in [0.2, 0.25) is 0 Å². The highest BCUT2D eigenvalue weighted by Crippen LogP contribution is 2.13. The number of hydrogen-bond acceptors (Lipinski definition) is 1. The standard InChI is InChI=1S/C11H13BrFNO/c1-8-4-3-5-9(10(8)13)11(15)14(2)7-6-12/h3-5H,6-7H2,1-2H3. The number of halogens is 2. The molecule has 2 nitrogen and oxygen atoms in total. The van der Waals surface area contributed by atoms with Crippen LogP contribution in [0.15, 0.2) is 18.2 Å². The lowest BCUT2D eigenvalue weighted by molar-refractivity contribution is 0.0799. The third-order valence-electron chi connectivity index (χ3n) is 2.19. The Labute approximate surface area is 97.2 Å². The zero-order valence-corrected chi connectivity index (χ0v) is 10.3. The van der Waals surface area contributed by atoms with Gasteiger partial charge in [0.1, 0.15) is 5.82 Å². The molecular formula is C11H13BrFNO. The topological polar surface area (TPSA) is 20.3 Å². The summed E-state index contributed by atoms with van der Waals surface area (Å²) in [5.41, 5.74) is 0.631. The fraction of sp³-hybridized carbons (Fsp3) is 0.364. The molecule has 1 rings (SSSR count). The number of rotatable bonds is 3. The molecule has 82 valence electrons. The number of alkyl halides is 1. The number of nitrogens with zero attached hydrogens (tertiary/aromatic N) is 1. The Morgan fingerprint density at radius 1 is 1.53 bits per heavy atom. The van der Waals surface area contributed by atoms with Crippen LogP contribution in [0.3, 0.4) is 0 Å². The van der Waals surface area contributed by atoms with Crippen molar-refractivity contribution in [3.8, 4) is 0 Å². The predicted octanol–water partition coefficient (Wildman–Crippen LogP) is 2.60. The summed E-state index contributed by atoms with van der Waals surface area (Å²) in [6, 6.07) is 4.85. The van der Waals surface area contributed by atoms with Crippen molar-refractivity contribution in [1.82, 2.24) is 4.90 Å². The molecule has 4 heteroatoms. The van der Waals surface area contributed by atoms with E-state index >= 15 is 0 Å². The zero-order chi connectivity index (χ0) is 11.4. The molecule has 0 atom stereocenters. The largest absolute Gasteiger partial charge is 0.341 e. The Balaban J connectivity index is 2.96. The Kier molecular flexibility index (Phi) is 4.27. The lowest BCUT2D eigenvalue weighted by Gasteiger charge is -2.16. The van der Waals surface area contributed by atoms with E-state index in [0.717, 1.165) is 0 Å². The van der Waals surface area contributed by atoms with E-state index in [9.17, 15) is 9.18 Å². The van der Waals surface area contributed by atoms with E-state index in [0.29, 0.717) is 17.4 Å². The molecule has 0 radical (unpaired) electrons. The van der Waals surface area contributed by atoms with Crippen LogP contribution in [0.2, 0.25) is 0 Å². The molecule has 1 aromatic carbocycles. The second kappa shape index (κ2) is 5.26. The van der Waals surface area contributed by atoms with Crippen molar-refractivity contribution in [3.05, 3.63) is 35.1 Å². The van der Waals surface area contributed by atoms with Crippen LogP contribution in [0, 0.1) is 12.7 Å². The van der Waals surface area contributed by atoms with Gasteiger partial charge in [-0.15, -0.1) is 0 Å². The van der Waals surface area contributed by atoms with Crippen molar-refractivity contribution >= 4 is 21.8 Å². The van der Waals surface area contributed by atoms with Crippen LogP contribution in [0.5, 0.6) is 0 Å². The SMILES string of the molecule is Cc1cccc(C(=O)N(C)CCBr)c1F. The van der Waals surface area contributed by atoms with Crippen LogP contribution in [-0.2, 0) is 0 Å². The minimum Gasteiger partial charge on any atom is -0.341 e. The van der Waals surface area contributed by atoms with E-state index in [-0.39, 0.29) is 11.5 Å². The summed E-state index contributed by atoms with van der Waals surface area (Å²) in [4.78, 5) is 13.3. The maximum absolute atomic E-state index is 13.6. The zero-order valence-electron chi connectivity index (χ0n) is 8.76. The summed E-state index contributed by atoms with van der Waals surface area (Å²) in [7, 11) is 1.66. The van der Waals surface area contributed by atoms with Gasteiger partial charge in [0.05, 0.1) is 5.56 Å². The van der Waals surface area contributed by atoms with Gasteiger partial charge in [-0.2, -0.15) is 0 Å². The normalized spacial score (nSPS) is 10.1. The van der Waals surface area contributed by atoms with Gasteiger partial charge < -0.3 is 4.90 Å². The molecule has 0 spiro atoms. The van der Waals surface area contributed by atoms with E-state index in [1.165, 1.54) is 11.0 Å². The molecular weight excluding hydrogens is 261 g/mol. The lowest BCUT2D eigenvalue weighted by Crippen LogP contribution is -2.29. The number of benzene rings is 1. The summed E-state index contributed by atoms with van der Waals surface area (Å²) < 4.78 is 13.6. The summed E-state index contributed by atoms with van der Waals surface area (Å²) in [5.74, 6) is -0.709. The monoisotopic (exact) mass is 273 g/mol. The molecule has 0 saturated carbocycles. The van der Waals surface area contributed by atoms with Crippen molar-refractivity contribution in [2.45, 2.75) is 6.92 Å². The minimum atomic E-state index is -0.427. The van der Waals surface area contributed by atoms with Crippen molar-refractivity contribution in [2.75, 3.05) is 18.9 Å². The number of hydrogen-bond donors (Lipinski definition) is 0. The van der Waals surface area contributed by atoms with Gasteiger partial charge in [-0.25, -0.2) is 4.39 Å². The van der Waals surface area contributed by atoms with E-state index < -0.39 is 5.82 Å². The van der Waals surface area contributed by atoms with Gasteiger partial charge in [-0.05, 0) is 18.6 Å². The Morgan fingerprint density at radius 2 is 2.20 bits per heavy atom. The Hall–Kier alpha value is -0.900. The average Bonchev–Trinajstić information content (AvgIpc) is 2.21. The number of aryl methyl sites for hydroxylation is 1. The van der Waals surface area contributed by atoms with Gasteiger partial charge in [-0.1, -0.05) is 28.1 Å². The molecule has 0 aliphatic carbocycles. The first-order valence-corrected chi connectivity index (χ1v) is 5.76. The molecule has 0 unspecified atom stereocenters. The first kappa shape index (κ1) is 12.2. The smallest absolute Gasteiger partial charge is 0.256 e. The maximum Gasteiger partial charge on any atom is 0.256 e. The van der Waals surface area contributed by atoms with Gasteiger partial charge in [-0.3, -0.25) is 4.79 Å². The highest BCUT2D eigenvalue weighted by atomic mass is 79.9. The molecule has 0 saturated heterocycles. The van der Waals surface area contributed by atoms with Gasteiger partial charge in [0.15, 0.2) is 0 Å². The maximum atomic E-state index is 13.6. The number of amides is 1. The average molecular weight is 274 g/mol. The molecule has 1 aromatic rings. The highest BCUT2D eigenvalue weighted by Gasteiger charge is 2.16. The molecule has 0 fully saturated rings. The predicted molar refractivity (Wildman–Crippen MR) is 61.9 cm³/mol. The number of carbonyl (C=O) groups is 1. The Morgan fingerprint density at radius 3 is 2.80 bits per heavy atom. The van der Waals surface area contributed by atoms with Crippen LogP contribution in [-0.4, -0.2) is 29.7 Å². The highest BCUT2D eigenvalue weighted by molar-refractivity contribution is 9.09. The molecule has 0 bridgehead atoms. The fourth-order valence-corrected chi connectivity index (χ4v) is 1.78. The molecule has 0 aliphatic heterocycles. The van der Waals surface area contributed by atoms with Crippen molar-refractivity contribution in [3.63, 3.8) is 0 Å². The van der Waals surface area contributed by atoms with Crippen molar-refractivity contribution < 1.29 is 9.18 Å². The van der Waals surface area contributed by atoms with Gasteiger partial charge in [0, 0.05) is 18.9 Å². The third kappa shape index (κ3) is 2.78. The van der Waals surface area contributed by atoms with Crippen molar-refractivity contribution in [1.29, 1.82) is 0 Å².